The van der Waals surface area contributed by atoms with Crippen molar-refractivity contribution in [1.82, 2.24) is 0 Å². The van der Waals surface area contributed by atoms with Gasteiger partial charge in [0.25, 0.3) is 0 Å². The van der Waals surface area contributed by atoms with E-state index in [0.29, 0.717) is 0 Å². The van der Waals surface area contributed by atoms with Crippen molar-refractivity contribution in [2.24, 2.45) is 0 Å². The van der Waals surface area contributed by atoms with E-state index in [4.69, 9.17) is 9.78 Å². The van der Waals surface area contributed by atoms with Gasteiger partial charge in [0.15, 0.2) is 0 Å². The first-order valence-corrected chi connectivity index (χ1v) is 5.72. The summed E-state index contributed by atoms with van der Waals surface area (Å²) in [5, 5.41) is 0. The van der Waals surface area contributed by atoms with E-state index < -0.39 is 0 Å². The van der Waals surface area contributed by atoms with Crippen LogP contribution < -0.4 is 0 Å². The number of hydrogen-bond acceptors (Lipinski definition) is 2. The summed E-state index contributed by atoms with van der Waals surface area (Å²) in [4.78, 5) is 11.1. The fourth-order valence-electron chi connectivity index (χ4n) is 2.69. The van der Waals surface area contributed by atoms with Gasteiger partial charge in [-0.15, -0.1) is 0 Å². The molecule has 16 heavy (non-hydrogen) atoms. The number of hydrogen-bond donors (Lipinski definition) is 0. The van der Waals surface area contributed by atoms with Crippen LogP contribution in [0.4, 0.5) is 0 Å². The van der Waals surface area contributed by atoms with Gasteiger partial charge in [-0.3, -0.25) is 0 Å². The molecular weight excluding hydrogens is 200 g/mol. The van der Waals surface area contributed by atoms with E-state index in [2.05, 4.69) is 38.6 Å². The predicted octanol–water partition coefficient (Wildman–Crippen LogP) is 3.52. The van der Waals surface area contributed by atoms with E-state index in [0.717, 1.165) is 18.4 Å². The molecule has 1 aromatic rings. The normalized spacial score (nSPS) is 35.9. The summed E-state index contributed by atoms with van der Waals surface area (Å²) in [5.74, 6) is 0. The van der Waals surface area contributed by atoms with Gasteiger partial charge in [-0.25, -0.2) is 9.78 Å². The molecule has 0 aromatic heterocycles. The van der Waals surface area contributed by atoms with Gasteiger partial charge in [0.05, 0.1) is 0 Å². The maximum atomic E-state index is 5.56. The van der Waals surface area contributed by atoms with Gasteiger partial charge in [-0.2, -0.15) is 0 Å². The van der Waals surface area contributed by atoms with Gasteiger partial charge in [0.1, 0.15) is 11.2 Å². The molecule has 3 aliphatic rings. The molecule has 1 aliphatic carbocycles. The number of benzene rings is 1. The van der Waals surface area contributed by atoms with Crippen LogP contribution in [0.25, 0.3) is 6.08 Å². The van der Waals surface area contributed by atoms with Crippen molar-refractivity contribution in [3.8, 4) is 0 Å². The first-order chi connectivity index (χ1) is 7.57. The maximum absolute atomic E-state index is 5.56. The minimum absolute atomic E-state index is 0.271. The van der Waals surface area contributed by atoms with E-state index in [1.54, 1.807) is 0 Å². The zero-order chi connectivity index (χ0) is 11.4. The van der Waals surface area contributed by atoms with Crippen molar-refractivity contribution in [3.05, 3.63) is 41.5 Å². The Labute approximate surface area is 95.8 Å². The first-order valence-electron chi connectivity index (χ1n) is 5.72. The largest absolute Gasteiger partial charge is 0.225 e. The minimum Gasteiger partial charge on any atom is -0.225 e. The summed E-state index contributed by atoms with van der Waals surface area (Å²) < 4.78 is 0. The standard InChI is InChI=1S/C14H16O2/c1-4-10-5-6-11-12(9-10)14(3)8-7-13(11,2)15-16-14/h4-6,9H,1,7-8H2,2-3H3. The Balaban J connectivity index is 2.25. The molecule has 0 radical (unpaired) electrons. The van der Waals surface area contributed by atoms with E-state index in [9.17, 15) is 0 Å². The molecule has 2 nitrogen and oxygen atoms in total. The van der Waals surface area contributed by atoms with Crippen molar-refractivity contribution in [1.29, 1.82) is 0 Å². The van der Waals surface area contributed by atoms with Crippen LogP contribution in [-0.2, 0) is 21.0 Å². The molecule has 2 heteroatoms. The lowest BCUT2D eigenvalue weighted by atomic mass is 9.71. The molecule has 4 rings (SSSR count). The number of rotatable bonds is 1. The zero-order valence-electron chi connectivity index (χ0n) is 9.75. The second kappa shape index (κ2) is 2.96. The van der Waals surface area contributed by atoms with Crippen molar-refractivity contribution < 1.29 is 9.78 Å². The smallest absolute Gasteiger partial charge is 0.126 e. The molecule has 2 aliphatic heterocycles. The monoisotopic (exact) mass is 216 g/mol. The van der Waals surface area contributed by atoms with Crippen LogP contribution in [0.5, 0.6) is 0 Å². The third kappa shape index (κ3) is 1.14. The van der Waals surface area contributed by atoms with Gasteiger partial charge in [0.2, 0.25) is 0 Å². The van der Waals surface area contributed by atoms with Gasteiger partial charge in [0, 0.05) is 0 Å². The van der Waals surface area contributed by atoms with Crippen LogP contribution in [0.2, 0.25) is 0 Å². The fraction of sp³-hybridized carbons (Fsp3) is 0.429. The SMILES string of the molecule is C=Cc1ccc2c(c1)C1(C)CCC2(C)OO1. The van der Waals surface area contributed by atoms with E-state index >= 15 is 0 Å². The van der Waals surface area contributed by atoms with Gasteiger partial charge in [-0.05, 0) is 49.4 Å². The van der Waals surface area contributed by atoms with Gasteiger partial charge < -0.3 is 0 Å². The van der Waals surface area contributed by atoms with Crippen molar-refractivity contribution >= 4 is 6.08 Å². The van der Waals surface area contributed by atoms with Crippen LogP contribution in [0, 0.1) is 0 Å². The molecule has 2 heterocycles. The second-order valence-electron chi connectivity index (χ2n) is 5.14. The van der Waals surface area contributed by atoms with Crippen LogP contribution >= 0.6 is 0 Å². The Morgan fingerprint density at radius 1 is 1.12 bits per heavy atom. The average Bonchev–Trinajstić information content (AvgIpc) is 2.32. The quantitative estimate of drug-likeness (QED) is 0.669. The highest BCUT2D eigenvalue weighted by atomic mass is 17.2. The van der Waals surface area contributed by atoms with Crippen molar-refractivity contribution in [2.75, 3.05) is 0 Å². The molecule has 0 spiro atoms. The minimum atomic E-state index is -0.286. The molecule has 1 aromatic carbocycles. The predicted molar refractivity (Wildman–Crippen MR) is 62.6 cm³/mol. The summed E-state index contributed by atoms with van der Waals surface area (Å²) in [6.45, 7) is 8.00. The third-order valence-electron chi connectivity index (χ3n) is 3.91. The maximum Gasteiger partial charge on any atom is 0.126 e. The molecule has 2 unspecified atom stereocenters. The molecular formula is C14H16O2. The topological polar surface area (TPSA) is 18.5 Å². The molecule has 84 valence electrons. The number of fused-ring (bicyclic) bond motifs is 2. The molecule has 2 atom stereocenters. The lowest BCUT2D eigenvalue weighted by molar-refractivity contribution is -0.455. The lowest BCUT2D eigenvalue weighted by Gasteiger charge is -2.49. The summed E-state index contributed by atoms with van der Waals surface area (Å²) in [5.41, 5.74) is 3.10. The van der Waals surface area contributed by atoms with Crippen LogP contribution in [0.1, 0.15) is 43.4 Å². The third-order valence-corrected chi connectivity index (χ3v) is 3.91. The van der Waals surface area contributed by atoms with Gasteiger partial charge >= 0.3 is 0 Å². The highest BCUT2D eigenvalue weighted by molar-refractivity contribution is 5.53. The molecule has 2 bridgehead atoms. The lowest BCUT2D eigenvalue weighted by Crippen LogP contribution is -2.47. The van der Waals surface area contributed by atoms with Crippen molar-refractivity contribution in [2.45, 2.75) is 37.9 Å². The summed E-state index contributed by atoms with van der Waals surface area (Å²) in [7, 11) is 0. The van der Waals surface area contributed by atoms with Crippen molar-refractivity contribution in [3.63, 3.8) is 0 Å². The highest BCUT2D eigenvalue weighted by Crippen LogP contribution is 2.53. The fourth-order valence-corrected chi connectivity index (χ4v) is 2.69. The molecule has 1 saturated heterocycles. The zero-order valence-corrected chi connectivity index (χ0v) is 9.75. The summed E-state index contributed by atoms with van der Waals surface area (Å²) in [6.07, 6.45) is 3.90. The van der Waals surface area contributed by atoms with Crippen LogP contribution in [-0.4, -0.2) is 0 Å². The van der Waals surface area contributed by atoms with Gasteiger partial charge in [-0.1, -0.05) is 24.8 Å². The van der Waals surface area contributed by atoms with Crippen LogP contribution in [0.3, 0.4) is 0 Å². The Morgan fingerprint density at radius 2 is 1.75 bits per heavy atom. The summed E-state index contributed by atoms with van der Waals surface area (Å²) >= 11 is 0. The Morgan fingerprint density at radius 3 is 2.31 bits per heavy atom. The molecule has 0 N–H and O–H groups in total. The average molecular weight is 216 g/mol. The van der Waals surface area contributed by atoms with E-state index in [-0.39, 0.29) is 11.2 Å². The van der Waals surface area contributed by atoms with Crippen LogP contribution in [0.15, 0.2) is 24.8 Å². The Kier molecular flexibility index (Phi) is 1.86. The first kappa shape index (κ1) is 10.1. The summed E-state index contributed by atoms with van der Waals surface area (Å²) in [6, 6.07) is 6.40. The Hall–Kier alpha value is -1.12. The molecule has 1 fully saturated rings. The Bertz CT molecular complexity index is 454. The molecule has 0 amide bonds. The highest BCUT2D eigenvalue weighted by Gasteiger charge is 2.50. The molecule has 0 saturated carbocycles. The second-order valence-corrected chi connectivity index (χ2v) is 5.14. The van der Waals surface area contributed by atoms with E-state index in [1.165, 1.54) is 11.1 Å². The van der Waals surface area contributed by atoms with E-state index in [1.807, 2.05) is 6.08 Å².